The Balaban J connectivity index is 2.09. The zero-order chi connectivity index (χ0) is 14.3. The van der Waals surface area contributed by atoms with Gasteiger partial charge >= 0.3 is 6.18 Å². The lowest BCUT2D eigenvalue weighted by molar-refractivity contribution is -0.137. The highest BCUT2D eigenvalue weighted by Crippen LogP contribution is 2.30. The molecule has 0 saturated carbocycles. The largest absolute Gasteiger partial charge is 0.416 e. The number of halogens is 4. The molecule has 102 valence electrons. The van der Waals surface area contributed by atoms with E-state index < -0.39 is 11.7 Å². The summed E-state index contributed by atoms with van der Waals surface area (Å²) in [5.41, 5.74) is 0.408. The van der Waals surface area contributed by atoms with E-state index in [0.717, 1.165) is 12.1 Å². The molecule has 0 unspecified atom stereocenters. The van der Waals surface area contributed by atoms with Crippen LogP contribution in [0.15, 0.2) is 42.6 Å². The molecule has 0 amide bonds. The fraction of sp³-hybridized carbons (Fsp3) is 0.0769. The molecule has 0 aliphatic carbocycles. The van der Waals surface area contributed by atoms with Crippen LogP contribution in [0, 0.1) is 0 Å². The molecule has 0 atom stereocenters. The Hall–Kier alpha value is -2.08. The first-order valence-corrected chi connectivity index (χ1v) is 6.01. The van der Waals surface area contributed by atoms with Crippen molar-refractivity contribution in [3.8, 4) is 11.4 Å². The number of alkyl halides is 3. The maximum absolute atomic E-state index is 12.5. The van der Waals surface area contributed by atoms with Crippen molar-refractivity contribution in [3.05, 3.63) is 53.2 Å². The summed E-state index contributed by atoms with van der Waals surface area (Å²) in [6.07, 6.45) is -2.74. The molecule has 0 aliphatic heterocycles. The summed E-state index contributed by atoms with van der Waals surface area (Å²) in [6.45, 7) is 0. The molecule has 0 saturated heterocycles. The standard InChI is InChI=1S/C13H7ClF3N3/c14-10-5-6-11-18-19-12(20(11)7-10)8-1-3-9(4-2-8)13(15,16)17/h1-7H. The highest BCUT2D eigenvalue weighted by atomic mass is 35.5. The molecule has 0 N–H and O–H groups in total. The first kappa shape index (κ1) is 12.9. The number of pyridine rings is 1. The number of hydrogen-bond acceptors (Lipinski definition) is 2. The lowest BCUT2D eigenvalue weighted by Gasteiger charge is -2.07. The van der Waals surface area contributed by atoms with Gasteiger partial charge in [-0.1, -0.05) is 23.7 Å². The molecule has 0 spiro atoms. The van der Waals surface area contributed by atoms with Crippen LogP contribution in [0.5, 0.6) is 0 Å². The van der Waals surface area contributed by atoms with Gasteiger partial charge in [-0.15, -0.1) is 10.2 Å². The fourth-order valence-corrected chi connectivity index (χ4v) is 2.03. The maximum atomic E-state index is 12.5. The van der Waals surface area contributed by atoms with Gasteiger partial charge in [-0.05, 0) is 24.3 Å². The molecule has 2 aromatic heterocycles. The minimum Gasteiger partial charge on any atom is -0.281 e. The number of hydrogen-bond donors (Lipinski definition) is 0. The highest BCUT2D eigenvalue weighted by molar-refractivity contribution is 6.30. The van der Waals surface area contributed by atoms with Gasteiger partial charge in [-0.2, -0.15) is 13.2 Å². The molecule has 0 fully saturated rings. The maximum Gasteiger partial charge on any atom is 0.416 e. The van der Waals surface area contributed by atoms with E-state index >= 15 is 0 Å². The Morgan fingerprint density at radius 1 is 0.950 bits per heavy atom. The zero-order valence-corrected chi connectivity index (χ0v) is 10.7. The zero-order valence-electron chi connectivity index (χ0n) is 9.89. The second-order valence-corrected chi connectivity index (χ2v) is 4.61. The lowest BCUT2D eigenvalue weighted by Crippen LogP contribution is -2.04. The molecule has 3 nitrogen and oxygen atoms in total. The molecular weight excluding hydrogens is 291 g/mol. The summed E-state index contributed by atoms with van der Waals surface area (Å²) < 4.78 is 39.2. The smallest absolute Gasteiger partial charge is 0.281 e. The van der Waals surface area contributed by atoms with Crippen molar-refractivity contribution in [3.63, 3.8) is 0 Å². The van der Waals surface area contributed by atoms with Crippen LogP contribution < -0.4 is 0 Å². The third-order valence-corrected chi connectivity index (χ3v) is 3.06. The Morgan fingerprint density at radius 3 is 2.30 bits per heavy atom. The van der Waals surface area contributed by atoms with Crippen LogP contribution in [0.2, 0.25) is 5.02 Å². The molecular formula is C13H7ClF3N3. The predicted octanol–water partition coefficient (Wildman–Crippen LogP) is 4.07. The van der Waals surface area contributed by atoms with Gasteiger partial charge in [-0.3, -0.25) is 4.40 Å². The van der Waals surface area contributed by atoms with Crippen LogP contribution in [0.4, 0.5) is 13.2 Å². The van der Waals surface area contributed by atoms with Crippen LogP contribution in [0.1, 0.15) is 5.56 Å². The van der Waals surface area contributed by atoms with Gasteiger partial charge < -0.3 is 0 Å². The third kappa shape index (κ3) is 2.22. The molecule has 20 heavy (non-hydrogen) atoms. The first-order valence-electron chi connectivity index (χ1n) is 5.63. The monoisotopic (exact) mass is 297 g/mol. The summed E-state index contributed by atoms with van der Waals surface area (Å²) in [4.78, 5) is 0. The summed E-state index contributed by atoms with van der Waals surface area (Å²) in [7, 11) is 0. The third-order valence-electron chi connectivity index (χ3n) is 2.84. The van der Waals surface area contributed by atoms with E-state index in [1.807, 2.05) is 0 Å². The van der Waals surface area contributed by atoms with Gasteiger partial charge in [0.25, 0.3) is 0 Å². The summed E-state index contributed by atoms with van der Waals surface area (Å²) in [5, 5.41) is 8.40. The van der Waals surface area contributed by atoms with E-state index in [-0.39, 0.29) is 0 Å². The molecule has 0 bridgehead atoms. The van der Waals surface area contributed by atoms with Crippen molar-refractivity contribution in [1.82, 2.24) is 14.6 Å². The first-order chi connectivity index (χ1) is 9.45. The van der Waals surface area contributed by atoms with Crippen LogP contribution >= 0.6 is 11.6 Å². The average molecular weight is 298 g/mol. The van der Waals surface area contributed by atoms with Gasteiger partial charge in [0.2, 0.25) is 0 Å². The quantitative estimate of drug-likeness (QED) is 0.678. The molecule has 7 heteroatoms. The summed E-state index contributed by atoms with van der Waals surface area (Å²) in [5.74, 6) is 0.441. The summed E-state index contributed by atoms with van der Waals surface area (Å²) in [6, 6.07) is 8.10. The van der Waals surface area contributed by atoms with E-state index in [9.17, 15) is 13.2 Å². The molecule has 0 radical (unpaired) electrons. The Bertz CT molecular complexity index is 763. The van der Waals surface area contributed by atoms with Crippen LogP contribution in [0.3, 0.4) is 0 Å². The Labute approximate surface area is 116 Å². The van der Waals surface area contributed by atoms with Crippen molar-refractivity contribution in [1.29, 1.82) is 0 Å². The van der Waals surface area contributed by atoms with E-state index in [1.165, 1.54) is 12.1 Å². The number of aromatic nitrogens is 3. The van der Waals surface area contributed by atoms with E-state index in [1.54, 1.807) is 22.7 Å². The minimum absolute atomic E-state index is 0.441. The molecule has 3 aromatic rings. The Kier molecular flexibility index (Phi) is 2.90. The minimum atomic E-state index is -4.35. The molecule has 1 aromatic carbocycles. The Morgan fingerprint density at radius 2 is 1.65 bits per heavy atom. The van der Waals surface area contributed by atoms with E-state index in [2.05, 4.69) is 10.2 Å². The highest BCUT2D eigenvalue weighted by Gasteiger charge is 2.30. The van der Waals surface area contributed by atoms with Gasteiger partial charge in [0.05, 0.1) is 10.6 Å². The van der Waals surface area contributed by atoms with Crippen molar-refractivity contribution in [2.45, 2.75) is 6.18 Å². The molecule has 2 heterocycles. The van der Waals surface area contributed by atoms with Gasteiger partial charge in [0.15, 0.2) is 11.5 Å². The van der Waals surface area contributed by atoms with E-state index in [0.29, 0.717) is 22.1 Å². The average Bonchev–Trinajstić information content (AvgIpc) is 2.81. The fourth-order valence-electron chi connectivity index (χ4n) is 1.87. The van der Waals surface area contributed by atoms with Crippen molar-refractivity contribution >= 4 is 17.2 Å². The number of nitrogens with zero attached hydrogens (tertiary/aromatic N) is 3. The van der Waals surface area contributed by atoms with E-state index in [4.69, 9.17) is 11.6 Å². The van der Waals surface area contributed by atoms with Crippen molar-refractivity contribution < 1.29 is 13.2 Å². The normalized spacial score (nSPS) is 12.0. The lowest BCUT2D eigenvalue weighted by atomic mass is 10.1. The van der Waals surface area contributed by atoms with Gasteiger partial charge in [0.1, 0.15) is 0 Å². The van der Waals surface area contributed by atoms with Crippen molar-refractivity contribution in [2.24, 2.45) is 0 Å². The van der Waals surface area contributed by atoms with Gasteiger partial charge in [-0.25, -0.2) is 0 Å². The molecule has 3 rings (SSSR count). The molecule has 0 aliphatic rings. The van der Waals surface area contributed by atoms with Crippen LogP contribution in [-0.2, 0) is 6.18 Å². The van der Waals surface area contributed by atoms with Gasteiger partial charge in [0, 0.05) is 11.8 Å². The summed E-state index contributed by atoms with van der Waals surface area (Å²) >= 11 is 5.89. The van der Waals surface area contributed by atoms with Crippen LogP contribution in [-0.4, -0.2) is 14.6 Å². The number of benzene rings is 1. The van der Waals surface area contributed by atoms with Crippen molar-refractivity contribution in [2.75, 3.05) is 0 Å². The second-order valence-electron chi connectivity index (χ2n) is 4.17. The predicted molar refractivity (Wildman–Crippen MR) is 68.4 cm³/mol. The number of fused-ring (bicyclic) bond motifs is 1. The second kappa shape index (κ2) is 4.49. The SMILES string of the molecule is FC(F)(F)c1ccc(-c2nnc3ccc(Cl)cn23)cc1. The topological polar surface area (TPSA) is 30.2 Å². The number of rotatable bonds is 1. The van der Waals surface area contributed by atoms with Crippen LogP contribution in [0.25, 0.3) is 17.0 Å².